The van der Waals surface area contributed by atoms with Gasteiger partial charge in [0.15, 0.2) is 0 Å². The molecule has 1 heterocycles. The van der Waals surface area contributed by atoms with Crippen molar-refractivity contribution in [3.63, 3.8) is 0 Å². The molecule has 1 aromatic heterocycles. The number of nitrogens with zero attached hydrogens (tertiary/aromatic N) is 3. The Morgan fingerprint density at radius 2 is 1.89 bits per heavy atom. The van der Waals surface area contributed by atoms with E-state index in [0.717, 1.165) is 29.5 Å². The number of rotatable bonds is 11. The Morgan fingerprint density at radius 1 is 1.17 bits per heavy atom. The molecule has 2 amide bonds. The first-order valence-electron chi connectivity index (χ1n) is 11.4. The topological polar surface area (TPSA) is 105 Å². The van der Waals surface area contributed by atoms with Gasteiger partial charge in [0.1, 0.15) is 29.8 Å². The van der Waals surface area contributed by atoms with Crippen molar-refractivity contribution in [2.75, 3.05) is 31.2 Å². The molecular formula is C25H29FN4O4S. The third-order valence-electron chi connectivity index (χ3n) is 5.25. The summed E-state index contributed by atoms with van der Waals surface area (Å²) in [5, 5.41) is 20.9. The van der Waals surface area contributed by atoms with Gasteiger partial charge in [0, 0.05) is 12.1 Å². The van der Waals surface area contributed by atoms with Gasteiger partial charge in [-0.2, -0.15) is 0 Å². The first-order chi connectivity index (χ1) is 16.8. The Hall–Kier alpha value is -3.37. The molecule has 0 saturated heterocycles. The average Bonchev–Trinajstić information content (AvgIpc) is 3.33. The van der Waals surface area contributed by atoms with Crippen molar-refractivity contribution < 1.29 is 23.8 Å². The summed E-state index contributed by atoms with van der Waals surface area (Å²) in [7, 11) is 0. The predicted molar refractivity (Wildman–Crippen MR) is 133 cm³/mol. The maximum absolute atomic E-state index is 14.3. The van der Waals surface area contributed by atoms with Crippen molar-refractivity contribution >= 4 is 28.3 Å². The SMILES string of the molecule is CCCCN(C(=O)c1ccccc1F)c1nnc(-c2cc(C)c(OCCNC(=O)CO)c(C)c2)s1. The molecule has 0 aliphatic carbocycles. The molecular weight excluding hydrogens is 471 g/mol. The van der Waals surface area contributed by atoms with Crippen molar-refractivity contribution in [1.29, 1.82) is 0 Å². The smallest absolute Gasteiger partial charge is 0.263 e. The van der Waals surface area contributed by atoms with E-state index in [-0.39, 0.29) is 18.7 Å². The van der Waals surface area contributed by atoms with Crippen molar-refractivity contribution in [2.24, 2.45) is 0 Å². The lowest BCUT2D eigenvalue weighted by atomic mass is 10.1. The number of hydrogen-bond donors (Lipinski definition) is 2. The monoisotopic (exact) mass is 500 g/mol. The van der Waals surface area contributed by atoms with Crippen LogP contribution in [-0.4, -0.2) is 53.4 Å². The van der Waals surface area contributed by atoms with Crippen molar-refractivity contribution in [1.82, 2.24) is 15.5 Å². The van der Waals surface area contributed by atoms with Crippen LogP contribution < -0.4 is 15.0 Å². The quantitative estimate of drug-likeness (QED) is 0.387. The number of aromatic nitrogens is 2. The van der Waals surface area contributed by atoms with E-state index in [1.807, 2.05) is 32.9 Å². The van der Waals surface area contributed by atoms with E-state index in [4.69, 9.17) is 9.84 Å². The minimum Gasteiger partial charge on any atom is -0.491 e. The Labute approximate surface area is 207 Å². The molecule has 186 valence electrons. The Bertz CT molecular complexity index is 1160. The summed E-state index contributed by atoms with van der Waals surface area (Å²) in [5.41, 5.74) is 2.60. The predicted octanol–water partition coefficient (Wildman–Crippen LogP) is 3.90. The van der Waals surface area contributed by atoms with E-state index < -0.39 is 24.2 Å². The summed E-state index contributed by atoms with van der Waals surface area (Å²) in [4.78, 5) is 25.7. The molecule has 0 spiro atoms. The molecule has 2 N–H and O–H groups in total. The van der Waals surface area contributed by atoms with Crippen LogP contribution in [0.15, 0.2) is 36.4 Å². The van der Waals surface area contributed by atoms with E-state index in [2.05, 4.69) is 15.5 Å². The highest BCUT2D eigenvalue weighted by molar-refractivity contribution is 7.18. The second-order valence-electron chi connectivity index (χ2n) is 7.98. The van der Waals surface area contributed by atoms with Gasteiger partial charge in [0.05, 0.1) is 12.1 Å². The molecule has 0 bridgehead atoms. The van der Waals surface area contributed by atoms with Crippen LogP contribution in [-0.2, 0) is 4.79 Å². The maximum Gasteiger partial charge on any atom is 0.263 e. The molecule has 0 fully saturated rings. The normalized spacial score (nSPS) is 10.8. The Balaban J connectivity index is 1.80. The van der Waals surface area contributed by atoms with Gasteiger partial charge >= 0.3 is 0 Å². The van der Waals surface area contributed by atoms with Crippen LogP contribution in [0.5, 0.6) is 5.75 Å². The molecule has 0 radical (unpaired) electrons. The number of anilines is 1. The highest BCUT2D eigenvalue weighted by Crippen LogP contribution is 2.34. The van der Waals surface area contributed by atoms with Crippen molar-refractivity contribution in [2.45, 2.75) is 33.6 Å². The van der Waals surface area contributed by atoms with Crippen LogP contribution in [0.25, 0.3) is 10.6 Å². The lowest BCUT2D eigenvalue weighted by Gasteiger charge is -2.19. The standard InChI is InChI=1S/C25H29FN4O4S/c1-4-5-11-30(24(33)19-8-6-7-9-20(19)26)25-29-28-23(35-25)18-13-16(2)22(17(3)14-18)34-12-10-27-21(32)15-31/h6-9,13-14,31H,4-5,10-12,15H2,1-3H3,(H,27,32). The number of unbranched alkanes of at least 4 members (excludes halogenated alkanes) is 1. The molecule has 10 heteroatoms. The van der Waals surface area contributed by atoms with Gasteiger partial charge in [0.25, 0.3) is 5.91 Å². The van der Waals surface area contributed by atoms with Gasteiger partial charge in [-0.1, -0.05) is 36.8 Å². The number of benzene rings is 2. The van der Waals surface area contributed by atoms with Gasteiger partial charge in [0.2, 0.25) is 11.0 Å². The number of aliphatic hydroxyl groups is 1. The number of halogens is 1. The zero-order valence-electron chi connectivity index (χ0n) is 20.0. The van der Waals surface area contributed by atoms with Crippen molar-refractivity contribution in [3.05, 3.63) is 58.9 Å². The fourth-order valence-corrected chi connectivity index (χ4v) is 4.38. The molecule has 2 aromatic carbocycles. The highest BCUT2D eigenvalue weighted by atomic mass is 32.1. The molecule has 0 saturated carbocycles. The third-order valence-corrected chi connectivity index (χ3v) is 6.25. The van der Waals surface area contributed by atoms with Crippen LogP contribution in [0.4, 0.5) is 9.52 Å². The number of carbonyl (C=O) groups excluding carboxylic acids is 2. The Morgan fingerprint density at radius 3 is 2.54 bits per heavy atom. The summed E-state index contributed by atoms with van der Waals surface area (Å²) < 4.78 is 20.1. The fraction of sp³-hybridized carbons (Fsp3) is 0.360. The summed E-state index contributed by atoms with van der Waals surface area (Å²) in [6.45, 7) is 6.25. The van der Waals surface area contributed by atoms with E-state index in [1.165, 1.54) is 28.4 Å². The first-order valence-corrected chi connectivity index (χ1v) is 12.2. The zero-order chi connectivity index (χ0) is 25.4. The second kappa shape index (κ2) is 12.4. The van der Waals surface area contributed by atoms with Crippen molar-refractivity contribution in [3.8, 4) is 16.3 Å². The van der Waals surface area contributed by atoms with E-state index in [1.54, 1.807) is 12.1 Å². The average molecular weight is 501 g/mol. The molecule has 3 aromatic rings. The zero-order valence-corrected chi connectivity index (χ0v) is 20.8. The number of ether oxygens (including phenoxy) is 1. The second-order valence-corrected chi connectivity index (χ2v) is 8.93. The minimum atomic E-state index is -0.568. The minimum absolute atomic E-state index is 0.00345. The lowest BCUT2D eigenvalue weighted by molar-refractivity contribution is -0.123. The molecule has 0 atom stereocenters. The van der Waals surface area contributed by atoms with E-state index >= 15 is 0 Å². The van der Waals surface area contributed by atoms with Gasteiger partial charge in [-0.3, -0.25) is 14.5 Å². The number of amides is 2. The van der Waals surface area contributed by atoms with E-state index in [0.29, 0.717) is 22.4 Å². The Kier molecular flexibility index (Phi) is 9.27. The summed E-state index contributed by atoms with van der Waals surface area (Å²) in [5.74, 6) is -0.757. The third kappa shape index (κ3) is 6.61. The molecule has 0 aliphatic rings. The summed E-state index contributed by atoms with van der Waals surface area (Å²) in [6.07, 6.45) is 1.62. The summed E-state index contributed by atoms with van der Waals surface area (Å²) in [6, 6.07) is 9.78. The maximum atomic E-state index is 14.3. The lowest BCUT2D eigenvalue weighted by Crippen LogP contribution is -2.32. The summed E-state index contributed by atoms with van der Waals surface area (Å²) >= 11 is 1.27. The van der Waals surface area contributed by atoms with Crippen LogP contribution in [0, 0.1) is 19.7 Å². The number of aryl methyl sites for hydroxylation is 2. The van der Waals surface area contributed by atoms with Gasteiger partial charge < -0.3 is 15.2 Å². The van der Waals surface area contributed by atoms with E-state index in [9.17, 15) is 14.0 Å². The number of nitrogens with one attached hydrogen (secondary N) is 1. The largest absolute Gasteiger partial charge is 0.491 e. The molecule has 0 aliphatic heterocycles. The number of carbonyl (C=O) groups is 2. The van der Waals surface area contributed by atoms with Crippen LogP contribution in [0.2, 0.25) is 0 Å². The van der Waals surface area contributed by atoms with Crippen LogP contribution in [0.3, 0.4) is 0 Å². The number of hydrogen-bond acceptors (Lipinski definition) is 7. The molecule has 3 rings (SSSR count). The molecule has 35 heavy (non-hydrogen) atoms. The molecule has 0 unspecified atom stereocenters. The first kappa shape index (κ1) is 26.2. The van der Waals surface area contributed by atoms with Crippen LogP contribution in [0.1, 0.15) is 41.3 Å². The number of aliphatic hydroxyl groups excluding tert-OH is 1. The van der Waals surface area contributed by atoms with Gasteiger partial charge in [-0.15, -0.1) is 10.2 Å². The van der Waals surface area contributed by atoms with Crippen LogP contribution >= 0.6 is 11.3 Å². The molecule has 8 nitrogen and oxygen atoms in total. The highest BCUT2D eigenvalue weighted by Gasteiger charge is 2.24. The van der Waals surface area contributed by atoms with Gasteiger partial charge in [-0.25, -0.2) is 4.39 Å². The van der Waals surface area contributed by atoms with Gasteiger partial charge in [-0.05, 0) is 55.7 Å². The fourth-order valence-electron chi connectivity index (χ4n) is 3.52.